The summed E-state index contributed by atoms with van der Waals surface area (Å²) in [6, 6.07) is 9.32. The molecule has 0 saturated carbocycles. The largest absolute Gasteiger partial charge is 0.457 e. The van der Waals surface area contributed by atoms with Gasteiger partial charge in [-0.3, -0.25) is 4.98 Å². The van der Waals surface area contributed by atoms with Crippen LogP contribution >= 0.6 is 11.6 Å². The zero-order chi connectivity index (χ0) is 14.4. The van der Waals surface area contributed by atoms with Crippen molar-refractivity contribution in [3.8, 4) is 11.5 Å². The van der Waals surface area contributed by atoms with Gasteiger partial charge in [0.1, 0.15) is 11.5 Å². The van der Waals surface area contributed by atoms with E-state index in [4.69, 9.17) is 16.3 Å². The van der Waals surface area contributed by atoms with Gasteiger partial charge in [0.25, 0.3) is 0 Å². The summed E-state index contributed by atoms with van der Waals surface area (Å²) in [5.41, 5.74) is 1.99. The third kappa shape index (κ3) is 4.22. The zero-order valence-electron chi connectivity index (χ0n) is 11.8. The van der Waals surface area contributed by atoms with Crippen LogP contribution in [0.25, 0.3) is 0 Å². The molecule has 20 heavy (non-hydrogen) atoms. The molecule has 0 spiro atoms. The van der Waals surface area contributed by atoms with Crippen LogP contribution in [0, 0.1) is 6.92 Å². The van der Waals surface area contributed by atoms with Crippen LogP contribution in [0.1, 0.15) is 24.6 Å². The first-order chi connectivity index (χ1) is 9.69. The van der Waals surface area contributed by atoms with Crippen LogP contribution in [0.5, 0.6) is 11.5 Å². The van der Waals surface area contributed by atoms with E-state index in [0.717, 1.165) is 42.3 Å². The Morgan fingerprint density at radius 1 is 1.25 bits per heavy atom. The first kappa shape index (κ1) is 14.8. The normalized spacial score (nSPS) is 10.6. The molecule has 0 aliphatic rings. The lowest BCUT2D eigenvalue weighted by molar-refractivity contribution is 0.471. The molecule has 0 aliphatic heterocycles. The van der Waals surface area contributed by atoms with Crippen molar-refractivity contribution in [3.63, 3.8) is 0 Å². The molecule has 4 heteroatoms. The fraction of sp³-hybridized carbons (Fsp3) is 0.312. The number of hydrogen-bond donors (Lipinski definition) is 1. The smallest absolute Gasteiger partial charge is 0.135 e. The monoisotopic (exact) mass is 290 g/mol. The maximum absolute atomic E-state index is 5.94. The lowest BCUT2D eigenvalue weighted by Gasteiger charge is -2.12. The Hall–Kier alpha value is -1.58. The predicted molar refractivity (Wildman–Crippen MR) is 82.5 cm³/mol. The van der Waals surface area contributed by atoms with Crippen LogP contribution in [0.2, 0.25) is 5.02 Å². The van der Waals surface area contributed by atoms with Crippen molar-refractivity contribution in [1.82, 2.24) is 10.3 Å². The van der Waals surface area contributed by atoms with Gasteiger partial charge in [-0.05, 0) is 44.2 Å². The van der Waals surface area contributed by atoms with Crippen molar-refractivity contribution in [2.75, 3.05) is 6.54 Å². The summed E-state index contributed by atoms with van der Waals surface area (Å²) >= 11 is 5.88. The molecular formula is C16H19ClN2O. The second-order valence-corrected chi connectivity index (χ2v) is 5.10. The topological polar surface area (TPSA) is 34.2 Å². The van der Waals surface area contributed by atoms with Crippen LogP contribution in [0.15, 0.2) is 36.5 Å². The van der Waals surface area contributed by atoms with E-state index >= 15 is 0 Å². The minimum absolute atomic E-state index is 0.702. The summed E-state index contributed by atoms with van der Waals surface area (Å²) in [6.45, 7) is 5.84. The van der Waals surface area contributed by atoms with E-state index < -0.39 is 0 Å². The molecule has 0 amide bonds. The molecule has 2 aromatic rings. The van der Waals surface area contributed by atoms with Gasteiger partial charge in [-0.15, -0.1) is 0 Å². The quantitative estimate of drug-likeness (QED) is 0.804. The Morgan fingerprint density at radius 3 is 2.70 bits per heavy atom. The number of halogens is 1. The van der Waals surface area contributed by atoms with Gasteiger partial charge in [0.15, 0.2) is 0 Å². The minimum atomic E-state index is 0.702. The van der Waals surface area contributed by atoms with Gasteiger partial charge in [-0.25, -0.2) is 0 Å². The summed E-state index contributed by atoms with van der Waals surface area (Å²) in [5.74, 6) is 1.61. The first-order valence-electron chi connectivity index (χ1n) is 6.78. The molecule has 2 rings (SSSR count). The highest BCUT2D eigenvalue weighted by molar-refractivity contribution is 6.30. The second kappa shape index (κ2) is 7.27. The van der Waals surface area contributed by atoms with E-state index in [1.807, 2.05) is 43.5 Å². The maximum atomic E-state index is 5.94. The van der Waals surface area contributed by atoms with Crippen LogP contribution < -0.4 is 10.1 Å². The highest BCUT2D eigenvalue weighted by Crippen LogP contribution is 2.26. The van der Waals surface area contributed by atoms with Gasteiger partial charge in [-0.1, -0.05) is 18.5 Å². The molecule has 1 heterocycles. The van der Waals surface area contributed by atoms with Crippen LogP contribution in [-0.2, 0) is 6.54 Å². The molecule has 1 N–H and O–H groups in total. The molecule has 0 atom stereocenters. The molecule has 0 radical (unpaired) electrons. The molecule has 0 fully saturated rings. The number of aryl methyl sites for hydroxylation is 1. The SMILES string of the molecule is CCCNCc1cnc(C)cc1Oc1ccc(Cl)cc1. The third-order valence-electron chi connectivity index (χ3n) is 2.86. The number of hydrogen-bond acceptors (Lipinski definition) is 3. The van der Waals surface area contributed by atoms with E-state index in [1.54, 1.807) is 0 Å². The lowest BCUT2D eigenvalue weighted by Crippen LogP contribution is -2.14. The van der Waals surface area contributed by atoms with Crippen molar-refractivity contribution in [2.24, 2.45) is 0 Å². The Labute approximate surface area is 124 Å². The summed E-state index contributed by atoms with van der Waals surface area (Å²) < 4.78 is 5.94. The standard InChI is InChI=1S/C16H19ClN2O/c1-3-8-18-10-13-11-19-12(2)9-16(13)20-15-6-4-14(17)5-7-15/h4-7,9,11,18H,3,8,10H2,1-2H3. The average molecular weight is 291 g/mol. The van der Waals surface area contributed by atoms with E-state index in [1.165, 1.54) is 0 Å². The average Bonchev–Trinajstić information content (AvgIpc) is 2.44. The van der Waals surface area contributed by atoms with E-state index in [-0.39, 0.29) is 0 Å². The minimum Gasteiger partial charge on any atom is -0.457 e. The number of aromatic nitrogens is 1. The van der Waals surface area contributed by atoms with Gasteiger partial charge in [-0.2, -0.15) is 0 Å². The van der Waals surface area contributed by atoms with Gasteiger partial charge < -0.3 is 10.1 Å². The zero-order valence-corrected chi connectivity index (χ0v) is 12.6. The summed E-state index contributed by atoms with van der Waals surface area (Å²) in [7, 11) is 0. The van der Waals surface area contributed by atoms with Crippen LogP contribution in [0.3, 0.4) is 0 Å². The molecule has 0 saturated heterocycles. The molecule has 106 valence electrons. The second-order valence-electron chi connectivity index (χ2n) is 4.67. The maximum Gasteiger partial charge on any atom is 0.135 e. The van der Waals surface area contributed by atoms with Crippen LogP contribution in [-0.4, -0.2) is 11.5 Å². The Kier molecular flexibility index (Phi) is 5.39. The Bertz CT molecular complexity index is 555. The van der Waals surface area contributed by atoms with E-state index in [2.05, 4.69) is 17.2 Å². The van der Waals surface area contributed by atoms with E-state index in [9.17, 15) is 0 Å². The third-order valence-corrected chi connectivity index (χ3v) is 3.12. The van der Waals surface area contributed by atoms with Gasteiger partial charge in [0, 0.05) is 35.1 Å². The number of nitrogens with zero attached hydrogens (tertiary/aromatic N) is 1. The Balaban J connectivity index is 2.15. The van der Waals surface area contributed by atoms with Crippen molar-refractivity contribution in [2.45, 2.75) is 26.8 Å². The summed E-state index contributed by atoms with van der Waals surface area (Å²) in [6.07, 6.45) is 2.97. The fourth-order valence-electron chi connectivity index (χ4n) is 1.82. The number of pyridine rings is 1. The van der Waals surface area contributed by atoms with Crippen molar-refractivity contribution >= 4 is 11.6 Å². The molecule has 3 nitrogen and oxygen atoms in total. The number of benzene rings is 1. The number of rotatable bonds is 6. The predicted octanol–water partition coefficient (Wildman–Crippen LogP) is 4.34. The highest BCUT2D eigenvalue weighted by Gasteiger charge is 2.06. The van der Waals surface area contributed by atoms with E-state index in [0.29, 0.717) is 5.02 Å². The van der Waals surface area contributed by atoms with Crippen molar-refractivity contribution < 1.29 is 4.74 Å². The van der Waals surface area contributed by atoms with Crippen molar-refractivity contribution in [1.29, 1.82) is 0 Å². The fourth-order valence-corrected chi connectivity index (χ4v) is 1.95. The molecule has 1 aromatic heterocycles. The van der Waals surface area contributed by atoms with Gasteiger partial charge in [0.2, 0.25) is 0 Å². The summed E-state index contributed by atoms with van der Waals surface area (Å²) in [5, 5.41) is 4.07. The van der Waals surface area contributed by atoms with Crippen molar-refractivity contribution in [3.05, 3.63) is 52.8 Å². The van der Waals surface area contributed by atoms with Crippen LogP contribution in [0.4, 0.5) is 0 Å². The van der Waals surface area contributed by atoms with Gasteiger partial charge in [0.05, 0.1) is 0 Å². The molecule has 0 bridgehead atoms. The first-order valence-corrected chi connectivity index (χ1v) is 7.16. The van der Waals surface area contributed by atoms with Gasteiger partial charge >= 0.3 is 0 Å². The highest BCUT2D eigenvalue weighted by atomic mass is 35.5. The number of ether oxygens (including phenoxy) is 1. The number of nitrogens with one attached hydrogen (secondary N) is 1. The molecule has 1 aromatic carbocycles. The summed E-state index contributed by atoms with van der Waals surface area (Å²) in [4.78, 5) is 4.33. The molecular weight excluding hydrogens is 272 g/mol. The molecule has 0 unspecified atom stereocenters. The Morgan fingerprint density at radius 2 is 2.00 bits per heavy atom. The lowest BCUT2D eigenvalue weighted by atomic mass is 10.2. The molecule has 0 aliphatic carbocycles.